The number of ketones is 1. The van der Waals surface area contributed by atoms with Gasteiger partial charge in [-0.25, -0.2) is 9.67 Å². The average molecular weight is 236 g/mol. The highest BCUT2D eigenvalue weighted by Crippen LogP contribution is 2.19. The summed E-state index contributed by atoms with van der Waals surface area (Å²) in [5.41, 5.74) is 0. The number of rotatable bonds is 4. The lowest BCUT2D eigenvalue weighted by Crippen LogP contribution is -2.36. The third-order valence-electron chi connectivity index (χ3n) is 3.52. The maximum Gasteiger partial charge on any atom is 0.140 e. The van der Waals surface area contributed by atoms with Gasteiger partial charge in [-0.3, -0.25) is 9.69 Å². The van der Waals surface area contributed by atoms with Crippen molar-refractivity contribution in [3.63, 3.8) is 0 Å². The van der Waals surface area contributed by atoms with Crippen molar-refractivity contribution >= 4 is 5.78 Å². The van der Waals surface area contributed by atoms with E-state index < -0.39 is 0 Å². The van der Waals surface area contributed by atoms with E-state index in [1.165, 1.54) is 0 Å². The molecule has 0 unspecified atom stereocenters. The molecule has 0 spiro atoms. The van der Waals surface area contributed by atoms with Gasteiger partial charge in [-0.15, -0.1) is 0 Å². The molecule has 1 saturated heterocycles. The number of Topliss-reactive ketones (excluding diaryl/α,β-unsaturated/α-hetero) is 1. The number of carbonyl (C=O) groups is 1. The van der Waals surface area contributed by atoms with Gasteiger partial charge < -0.3 is 0 Å². The minimum absolute atomic E-state index is 0.273. The van der Waals surface area contributed by atoms with E-state index in [-0.39, 0.29) is 5.92 Å². The van der Waals surface area contributed by atoms with Gasteiger partial charge in [0.25, 0.3) is 0 Å². The van der Waals surface area contributed by atoms with Crippen molar-refractivity contribution in [1.29, 1.82) is 0 Å². The second kappa shape index (κ2) is 5.40. The molecule has 0 saturated carbocycles. The van der Waals surface area contributed by atoms with Gasteiger partial charge >= 0.3 is 0 Å². The van der Waals surface area contributed by atoms with Gasteiger partial charge in [0.1, 0.15) is 17.9 Å². The third-order valence-corrected chi connectivity index (χ3v) is 3.52. The predicted octanol–water partition coefficient (Wildman–Crippen LogP) is 1.10. The highest BCUT2D eigenvalue weighted by atomic mass is 16.1. The van der Waals surface area contributed by atoms with Crippen LogP contribution >= 0.6 is 0 Å². The normalized spacial score (nSPS) is 18.5. The zero-order chi connectivity index (χ0) is 12.3. The number of hydrogen-bond acceptors (Lipinski definition) is 4. The summed E-state index contributed by atoms with van der Waals surface area (Å²) in [5, 5.41) is 4.17. The number of aromatic nitrogens is 3. The molecular weight excluding hydrogens is 216 g/mol. The maximum atomic E-state index is 11.3. The summed E-state index contributed by atoms with van der Waals surface area (Å²) in [5.74, 6) is 1.63. The van der Waals surface area contributed by atoms with E-state index in [2.05, 4.69) is 21.9 Å². The van der Waals surface area contributed by atoms with Crippen LogP contribution in [0.25, 0.3) is 0 Å². The molecule has 1 fully saturated rings. The Morgan fingerprint density at radius 1 is 1.47 bits per heavy atom. The molecule has 0 amide bonds. The predicted molar refractivity (Wildman–Crippen MR) is 64.4 cm³/mol. The van der Waals surface area contributed by atoms with Crippen molar-refractivity contribution in [3.05, 3.63) is 12.2 Å². The van der Waals surface area contributed by atoms with Crippen molar-refractivity contribution in [1.82, 2.24) is 19.7 Å². The number of piperidine rings is 1. The smallest absolute Gasteiger partial charge is 0.140 e. The summed E-state index contributed by atoms with van der Waals surface area (Å²) in [6.07, 6.45) is 3.58. The van der Waals surface area contributed by atoms with Gasteiger partial charge in [0.2, 0.25) is 0 Å². The maximum absolute atomic E-state index is 11.3. The SMILES string of the molecule is CCn1ncnc1CN1CCC(C(C)=O)CC1. The van der Waals surface area contributed by atoms with Crippen molar-refractivity contribution in [2.45, 2.75) is 39.8 Å². The Bertz CT molecular complexity index is 380. The lowest BCUT2D eigenvalue weighted by molar-refractivity contribution is -0.122. The molecule has 0 bridgehead atoms. The summed E-state index contributed by atoms with van der Waals surface area (Å²) in [7, 11) is 0. The van der Waals surface area contributed by atoms with Crippen LogP contribution in [-0.4, -0.2) is 38.5 Å². The first-order valence-corrected chi connectivity index (χ1v) is 6.30. The number of hydrogen-bond donors (Lipinski definition) is 0. The van der Waals surface area contributed by atoms with E-state index in [0.717, 1.165) is 44.8 Å². The van der Waals surface area contributed by atoms with Crippen LogP contribution in [0.5, 0.6) is 0 Å². The Balaban J connectivity index is 1.88. The minimum Gasteiger partial charge on any atom is -0.300 e. The molecular formula is C12H20N4O. The largest absolute Gasteiger partial charge is 0.300 e. The molecule has 1 aliphatic rings. The zero-order valence-corrected chi connectivity index (χ0v) is 10.6. The van der Waals surface area contributed by atoms with Gasteiger partial charge in [-0.2, -0.15) is 5.10 Å². The first-order valence-electron chi connectivity index (χ1n) is 6.30. The molecule has 94 valence electrons. The summed E-state index contributed by atoms with van der Waals surface area (Å²) in [6.45, 7) is 7.45. The Kier molecular flexibility index (Phi) is 3.89. The van der Waals surface area contributed by atoms with Crippen molar-refractivity contribution in [2.75, 3.05) is 13.1 Å². The summed E-state index contributed by atoms with van der Waals surface area (Å²) >= 11 is 0. The second-order valence-electron chi connectivity index (χ2n) is 4.65. The molecule has 17 heavy (non-hydrogen) atoms. The Labute approximate surface area is 102 Å². The molecule has 0 N–H and O–H groups in total. The quantitative estimate of drug-likeness (QED) is 0.785. The molecule has 0 atom stereocenters. The fourth-order valence-corrected chi connectivity index (χ4v) is 2.37. The number of nitrogens with zero attached hydrogens (tertiary/aromatic N) is 4. The van der Waals surface area contributed by atoms with Crippen LogP contribution < -0.4 is 0 Å². The fourth-order valence-electron chi connectivity index (χ4n) is 2.37. The summed E-state index contributed by atoms with van der Waals surface area (Å²) < 4.78 is 1.93. The van der Waals surface area contributed by atoms with E-state index in [0.29, 0.717) is 5.78 Å². The molecule has 5 nitrogen and oxygen atoms in total. The number of likely N-dealkylation sites (tertiary alicyclic amines) is 1. The van der Waals surface area contributed by atoms with E-state index in [1.807, 2.05) is 4.68 Å². The van der Waals surface area contributed by atoms with Crippen LogP contribution in [0.1, 0.15) is 32.5 Å². The lowest BCUT2D eigenvalue weighted by Gasteiger charge is -2.30. The Hall–Kier alpha value is -1.23. The molecule has 2 heterocycles. The van der Waals surface area contributed by atoms with Crippen molar-refractivity contribution in [2.24, 2.45) is 5.92 Å². The van der Waals surface area contributed by atoms with Gasteiger partial charge in [0.05, 0.1) is 6.54 Å². The Morgan fingerprint density at radius 3 is 2.76 bits per heavy atom. The van der Waals surface area contributed by atoms with E-state index >= 15 is 0 Å². The van der Waals surface area contributed by atoms with Crippen LogP contribution in [0.2, 0.25) is 0 Å². The van der Waals surface area contributed by atoms with Crippen molar-refractivity contribution < 1.29 is 4.79 Å². The first kappa shape index (κ1) is 12.2. The molecule has 0 aliphatic carbocycles. The second-order valence-corrected chi connectivity index (χ2v) is 4.65. The van der Waals surface area contributed by atoms with Gasteiger partial charge in [-0.05, 0) is 39.8 Å². The van der Waals surface area contributed by atoms with Crippen LogP contribution in [0.4, 0.5) is 0 Å². The van der Waals surface area contributed by atoms with Crippen LogP contribution in [0.15, 0.2) is 6.33 Å². The van der Waals surface area contributed by atoms with E-state index in [4.69, 9.17) is 0 Å². The van der Waals surface area contributed by atoms with Crippen LogP contribution in [-0.2, 0) is 17.9 Å². The van der Waals surface area contributed by atoms with Crippen LogP contribution in [0.3, 0.4) is 0 Å². The monoisotopic (exact) mass is 236 g/mol. The zero-order valence-electron chi connectivity index (χ0n) is 10.6. The summed E-state index contributed by atoms with van der Waals surface area (Å²) in [6, 6.07) is 0. The topological polar surface area (TPSA) is 51.0 Å². The van der Waals surface area contributed by atoms with Gasteiger partial charge in [-0.1, -0.05) is 0 Å². The minimum atomic E-state index is 0.273. The van der Waals surface area contributed by atoms with Crippen molar-refractivity contribution in [3.8, 4) is 0 Å². The number of aryl methyl sites for hydroxylation is 1. The summed E-state index contributed by atoms with van der Waals surface area (Å²) in [4.78, 5) is 17.9. The molecule has 5 heteroatoms. The first-order chi connectivity index (χ1) is 8.20. The molecule has 1 aliphatic heterocycles. The third kappa shape index (κ3) is 2.91. The lowest BCUT2D eigenvalue weighted by atomic mass is 9.93. The molecule has 0 radical (unpaired) electrons. The molecule has 1 aromatic rings. The molecule has 1 aromatic heterocycles. The van der Waals surface area contributed by atoms with Crippen LogP contribution in [0, 0.1) is 5.92 Å². The Morgan fingerprint density at radius 2 is 2.18 bits per heavy atom. The molecule has 0 aromatic carbocycles. The highest BCUT2D eigenvalue weighted by Gasteiger charge is 2.23. The standard InChI is InChI=1S/C12H20N4O/c1-3-16-12(13-9-14-16)8-15-6-4-11(5-7-15)10(2)17/h9,11H,3-8H2,1-2H3. The average Bonchev–Trinajstić information content (AvgIpc) is 2.77. The van der Waals surface area contributed by atoms with Gasteiger partial charge in [0.15, 0.2) is 0 Å². The van der Waals surface area contributed by atoms with E-state index in [1.54, 1.807) is 13.3 Å². The van der Waals surface area contributed by atoms with Gasteiger partial charge in [0, 0.05) is 12.5 Å². The fraction of sp³-hybridized carbons (Fsp3) is 0.750. The van der Waals surface area contributed by atoms with E-state index in [9.17, 15) is 4.79 Å². The number of carbonyl (C=O) groups excluding carboxylic acids is 1. The highest BCUT2D eigenvalue weighted by molar-refractivity contribution is 5.78. The molecule has 2 rings (SSSR count).